The molecule has 0 radical (unpaired) electrons. The van der Waals surface area contributed by atoms with Crippen molar-refractivity contribution < 1.29 is 26.4 Å². The summed E-state index contributed by atoms with van der Waals surface area (Å²) in [5, 5.41) is 2.02. The molecule has 0 spiro atoms. The summed E-state index contributed by atoms with van der Waals surface area (Å²) < 4.78 is 53.6. The number of sulfonamides is 1. The Kier molecular flexibility index (Phi) is 8.41. The molecule has 202 valence electrons. The van der Waals surface area contributed by atoms with Gasteiger partial charge in [0.2, 0.25) is 21.8 Å². The highest BCUT2D eigenvalue weighted by molar-refractivity contribution is 7.91. The number of fused-ring (bicyclic) bond motifs is 1. The molecule has 3 aromatic carbocycles. The Balaban J connectivity index is 1.37. The minimum Gasteiger partial charge on any atom is -0.343 e. The maximum absolute atomic E-state index is 13.1. The van der Waals surface area contributed by atoms with Gasteiger partial charge >= 0.3 is 0 Å². The molecule has 0 bridgehead atoms. The molecule has 12 heteroatoms. The molecule has 0 aliphatic carbocycles. The van der Waals surface area contributed by atoms with Crippen molar-refractivity contribution in [2.45, 2.75) is 28.7 Å². The maximum Gasteiger partial charge on any atom is 0.241 e. The van der Waals surface area contributed by atoms with Crippen LogP contribution in [0.25, 0.3) is 10.8 Å². The third-order valence-electron chi connectivity index (χ3n) is 6.46. The van der Waals surface area contributed by atoms with Crippen LogP contribution >= 0.6 is 11.6 Å². The molecule has 1 aliphatic rings. The van der Waals surface area contributed by atoms with E-state index in [1.165, 1.54) is 41.1 Å². The van der Waals surface area contributed by atoms with Crippen molar-refractivity contribution >= 4 is 54.0 Å². The summed E-state index contributed by atoms with van der Waals surface area (Å²) in [7, 11) is -6.09. The Labute approximate surface area is 227 Å². The van der Waals surface area contributed by atoms with Gasteiger partial charge in [-0.05, 0) is 60.0 Å². The standard InChI is InChI=1S/C26H28ClN3O6S2/c1-29(14-15-37(33,34)22-6-3-2-4-7-22)25(31)18-30-13-5-8-24(26(30)32)28-38(35,36)23-12-10-19-16-21(27)11-9-20(19)17-23/h2-4,6-7,9-12,16-17,24,28H,5,8,13-15,18H2,1H3/t24-/m0/s1. The molecule has 38 heavy (non-hydrogen) atoms. The minimum atomic E-state index is -4.01. The van der Waals surface area contributed by atoms with Crippen LogP contribution in [-0.2, 0) is 29.4 Å². The predicted molar refractivity (Wildman–Crippen MR) is 145 cm³/mol. The van der Waals surface area contributed by atoms with E-state index >= 15 is 0 Å². The van der Waals surface area contributed by atoms with Crippen molar-refractivity contribution in [3.8, 4) is 0 Å². The number of hydrogen-bond donors (Lipinski definition) is 1. The summed E-state index contributed by atoms with van der Waals surface area (Å²) >= 11 is 6.00. The van der Waals surface area contributed by atoms with E-state index in [9.17, 15) is 26.4 Å². The summed E-state index contributed by atoms with van der Waals surface area (Å²) in [6, 6.07) is 16.7. The second kappa shape index (κ2) is 11.4. The first kappa shape index (κ1) is 28.0. The summed E-state index contributed by atoms with van der Waals surface area (Å²) in [6.07, 6.45) is 0.811. The number of rotatable bonds is 9. The van der Waals surface area contributed by atoms with E-state index in [2.05, 4.69) is 4.72 Å². The molecule has 1 heterocycles. The predicted octanol–water partition coefficient (Wildman–Crippen LogP) is 2.69. The molecule has 1 fully saturated rings. The van der Waals surface area contributed by atoms with Crippen LogP contribution in [0.15, 0.2) is 76.5 Å². The van der Waals surface area contributed by atoms with Crippen molar-refractivity contribution in [2.75, 3.05) is 32.4 Å². The zero-order valence-electron chi connectivity index (χ0n) is 20.7. The molecule has 2 amide bonds. The summed E-state index contributed by atoms with van der Waals surface area (Å²) in [5.74, 6) is -1.18. The monoisotopic (exact) mass is 577 g/mol. The molecule has 0 unspecified atom stereocenters. The lowest BCUT2D eigenvalue weighted by Gasteiger charge is -2.33. The smallest absolute Gasteiger partial charge is 0.241 e. The van der Waals surface area contributed by atoms with E-state index in [1.807, 2.05) is 0 Å². The number of nitrogens with one attached hydrogen (secondary N) is 1. The van der Waals surface area contributed by atoms with Gasteiger partial charge in [-0.15, -0.1) is 0 Å². The third-order valence-corrected chi connectivity index (χ3v) is 9.88. The number of carbonyl (C=O) groups is 2. The van der Waals surface area contributed by atoms with Crippen molar-refractivity contribution in [3.05, 3.63) is 71.8 Å². The first-order valence-corrected chi connectivity index (χ1v) is 15.5. The van der Waals surface area contributed by atoms with E-state index in [-0.39, 0.29) is 28.6 Å². The molecule has 1 atom stereocenters. The van der Waals surface area contributed by atoms with Gasteiger partial charge in [-0.1, -0.05) is 41.9 Å². The van der Waals surface area contributed by atoms with Gasteiger partial charge in [0, 0.05) is 25.2 Å². The molecule has 1 aliphatic heterocycles. The quantitative estimate of drug-likeness (QED) is 0.417. The highest BCUT2D eigenvalue weighted by Crippen LogP contribution is 2.23. The fourth-order valence-electron chi connectivity index (χ4n) is 4.24. The van der Waals surface area contributed by atoms with E-state index in [0.717, 1.165) is 5.39 Å². The second-order valence-corrected chi connectivity index (χ2v) is 13.4. The molecule has 0 aromatic heterocycles. The number of hydrogen-bond acceptors (Lipinski definition) is 6. The Morgan fingerprint density at radius 3 is 2.42 bits per heavy atom. The lowest BCUT2D eigenvalue weighted by molar-refractivity contribution is -0.142. The first-order chi connectivity index (χ1) is 18.0. The number of amides is 2. The number of halogens is 1. The van der Waals surface area contributed by atoms with Crippen molar-refractivity contribution in [1.29, 1.82) is 0 Å². The number of carbonyl (C=O) groups excluding carboxylic acids is 2. The molecular formula is C26H28ClN3O6S2. The number of piperidine rings is 1. The normalized spacial score (nSPS) is 16.5. The lowest BCUT2D eigenvalue weighted by atomic mass is 10.1. The SMILES string of the molecule is CN(CCS(=O)(=O)c1ccccc1)C(=O)CN1CCC[C@H](NS(=O)(=O)c2ccc3cc(Cl)ccc3c2)C1=O. The molecule has 4 rings (SSSR count). The van der Waals surface area contributed by atoms with Gasteiger partial charge < -0.3 is 9.80 Å². The van der Waals surface area contributed by atoms with Gasteiger partial charge in [-0.25, -0.2) is 16.8 Å². The number of likely N-dealkylation sites (N-methyl/N-ethyl adjacent to an activating group) is 1. The van der Waals surface area contributed by atoms with Crippen LogP contribution in [0.5, 0.6) is 0 Å². The molecule has 3 aromatic rings. The minimum absolute atomic E-state index is 0.0210. The summed E-state index contributed by atoms with van der Waals surface area (Å²) in [4.78, 5) is 28.6. The van der Waals surface area contributed by atoms with Crippen LogP contribution in [0.4, 0.5) is 0 Å². The van der Waals surface area contributed by atoms with E-state index in [0.29, 0.717) is 29.8 Å². The molecule has 1 N–H and O–H groups in total. The number of benzene rings is 3. The van der Waals surface area contributed by atoms with Crippen molar-refractivity contribution in [2.24, 2.45) is 0 Å². The van der Waals surface area contributed by atoms with Crippen LogP contribution in [0.3, 0.4) is 0 Å². The van der Waals surface area contributed by atoms with Gasteiger partial charge in [0.15, 0.2) is 9.84 Å². The van der Waals surface area contributed by atoms with Crippen LogP contribution in [-0.4, -0.2) is 76.9 Å². The highest BCUT2D eigenvalue weighted by atomic mass is 35.5. The van der Waals surface area contributed by atoms with Gasteiger partial charge in [0.25, 0.3) is 0 Å². The average molecular weight is 578 g/mol. The third kappa shape index (κ3) is 6.52. The average Bonchev–Trinajstić information content (AvgIpc) is 2.89. The van der Waals surface area contributed by atoms with Gasteiger partial charge in [-0.3, -0.25) is 9.59 Å². The molecule has 0 saturated carbocycles. The Morgan fingerprint density at radius 2 is 1.68 bits per heavy atom. The second-order valence-electron chi connectivity index (χ2n) is 9.18. The molecular weight excluding hydrogens is 550 g/mol. The van der Waals surface area contributed by atoms with Crippen LogP contribution < -0.4 is 4.72 Å². The van der Waals surface area contributed by atoms with Gasteiger partial charge in [0.1, 0.15) is 6.04 Å². The largest absolute Gasteiger partial charge is 0.343 e. The van der Waals surface area contributed by atoms with Gasteiger partial charge in [0.05, 0.1) is 22.1 Å². The first-order valence-electron chi connectivity index (χ1n) is 12.0. The zero-order chi connectivity index (χ0) is 27.5. The summed E-state index contributed by atoms with van der Waals surface area (Å²) in [5.41, 5.74) is 0. The van der Waals surface area contributed by atoms with Crippen molar-refractivity contribution in [1.82, 2.24) is 14.5 Å². The number of nitrogens with zero attached hydrogens (tertiary/aromatic N) is 2. The lowest BCUT2D eigenvalue weighted by Crippen LogP contribution is -2.54. The topological polar surface area (TPSA) is 121 Å². The van der Waals surface area contributed by atoms with Crippen molar-refractivity contribution in [3.63, 3.8) is 0 Å². The fraction of sp³-hybridized carbons (Fsp3) is 0.308. The fourth-order valence-corrected chi connectivity index (χ4v) is 7.00. The highest BCUT2D eigenvalue weighted by Gasteiger charge is 2.34. The molecule has 1 saturated heterocycles. The van der Waals surface area contributed by atoms with Crippen LogP contribution in [0.2, 0.25) is 5.02 Å². The van der Waals surface area contributed by atoms with E-state index in [4.69, 9.17) is 11.6 Å². The van der Waals surface area contributed by atoms with Crippen LogP contribution in [0, 0.1) is 0 Å². The number of likely N-dealkylation sites (tertiary alicyclic amines) is 1. The van der Waals surface area contributed by atoms with E-state index < -0.39 is 37.7 Å². The maximum atomic E-state index is 13.1. The summed E-state index contributed by atoms with van der Waals surface area (Å²) in [6.45, 7) is -0.00725. The number of sulfone groups is 1. The Hall–Kier alpha value is -2.99. The van der Waals surface area contributed by atoms with E-state index in [1.54, 1.807) is 42.5 Å². The van der Waals surface area contributed by atoms with Gasteiger partial charge in [-0.2, -0.15) is 4.72 Å². The van der Waals surface area contributed by atoms with Crippen LogP contribution in [0.1, 0.15) is 12.8 Å². The molecule has 9 nitrogen and oxygen atoms in total. The Morgan fingerprint density at radius 1 is 1.00 bits per heavy atom. The zero-order valence-corrected chi connectivity index (χ0v) is 23.1. The Bertz CT molecular complexity index is 1560.